The van der Waals surface area contributed by atoms with Crippen LogP contribution in [0.5, 0.6) is 0 Å². The van der Waals surface area contributed by atoms with Crippen molar-refractivity contribution >= 4 is 36.3 Å². The fraction of sp³-hybridized carbons (Fsp3) is 0.242. The molecule has 5 aromatic rings. The first kappa shape index (κ1) is 33.9. The number of aryl methyl sites for hydroxylation is 1. The number of halogens is 3. The average Bonchev–Trinajstić information content (AvgIpc) is 3.66. The van der Waals surface area contributed by atoms with Gasteiger partial charge in [0.05, 0.1) is 17.6 Å². The van der Waals surface area contributed by atoms with Crippen molar-refractivity contribution in [2.24, 2.45) is 7.05 Å². The molecular formula is C33H30F3N5O6S2. The number of aromatic nitrogens is 5. The van der Waals surface area contributed by atoms with Gasteiger partial charge in [0.15, 0.2) is 9.84 Å². The highest BCUT2D eigenvalue weighted by atomic mass is 32.2. The normalized spacial score (nSPS) is 17.3. The molecule has 0 bridgehead atoms. The molecule has 1 aromatic carbocycles. The number of allylic oxidation sites excluding steroid dienone is 3. The smallest absolute Gasteiger partial charge is 0.327 e. The molecule has 1 N–H and O–H groups in total. The number of pyridine rings is 2. The molecule has 11 nitrogen and oxygen atoms in total. The molecule has 49 heavy (non-hydrogen) atoms. The Labute approximate surface area is 278 Å². The van der Waals surface area contributed by atoms with Crippen LogP contribution in [0.1, 0.15) is 31.4 Å². The Morgan fingerprint density at radius 2 is 1.73 bits per heavy atom. The van der Waals surface area contributed by atoms with Gasteiger partial charge in [-0.15, -0.1) is 13.2 Å². The molecule has 1 unspecified atom stereocenters. The minimum absolute atomic E-state index is 0.124. The number of nitrogens with zero attached hydrogens (tertiary/aromatic N) is 4. The maximum absolute atomic E-state index is 14.7. The maximum Gasteiger partial charge on any atom is 0.504 e. The van der Waals surface area contributed by atoms with Gasteiger partial charge in [-0.1, -0.05) is 36.4 Å². The van der Waals surface area contributed by atoms with E-state index in [4.69, 9.17) is 0 Å². The molecular weight excluding hydrogens is 684 g/mol. The molecule has 6 rings (SSSR count). The Bertz CT molecular complexity index is 2570. The predicted molar refractivity (Wildman–Crippen MR) is 180 cm³/mol. The molecule has 0 fully saturated rings. The van der Waals surface area contributed by atoms with Gasteiger partial charge in [0.2, 0.25) is 10.0 Å². The average molecular weight is 714 g/mol. The Morgan fingerprint density at radius 1 is 1.00 bits per heavy atom. The number of benzene rings is 1. The van der Waals surface area contributed by atoms with Crippen molar-refractivity contribution in [1.82, 2.24) is 23.3 Å². The zero-order valence-electron chi connectivity index (χ0n) is 26.6. The zero-order valence-corrected chi connectivity index (χ0v) is 28.2. The van der Waals surface area contributed by atoms with E-state index in [9.17, 15) is 39.6 Å². The van der Waals surface area contributed by atoms with Gasteiger partial charge in [-0.05, 0) is 60.2 Å². The van der Waals surface area contributed by atoms with Crippen molar-refractivity contribution in [3.8, 4) is 22.4 Å². The van der Waals surface area contributed by atoms with E-state index in [-0.39, 0.29) is 44.6 Å². The molecule has 0 saturated carbocycles. The molecule has 16 heteroatoms. The number of hydrogen-bond acceptors (Lipinski definition) is 7. The molecule has 4 heterocycles. The lowest BCUT2D eigenvalue weighted by Gasteiger charge is -2.34. The standard InChI is InChI=1S/C33H30F3N5O6S2/c1-20-12-23(26-15-29(42)39(3)18-27(26)22-7-5-6-21(13-22)19-48(4,44)45)8-10-32(20,2)49(46,47)41-28(14-24-9-11-37-31(43)30(24)41)25-16-38-40(17-25)33(34,35)36/h5-9,11-18H,10,19H2,1-4H3,(H,37,43). The Morgan fingerprint density at radius 3 is 2.39 bits per heavy atom. The van der Waals surface area contributed by atoms with Crippen molar-refractivity contribution in [3.63, 3.8) is 0 Å². The summed E-state index contributed by atoms with van der Waals surface area (Å²) in [7, 11) is -6.33. The lowest BCUT2D eigenvalue weighted by Crippen LogP contribution is -2.42. The number of fused-ring (bicyclic) bond motifs is 1. The summed E-state index contributed by atoms with van der Waals surface area (Å²) in [4.78, 5) is 28.4. The summed E-state index contributed by atoms with van der Waals surface area (Å²) < 4.78 is 93.9. The van der Waals surface area contributed by atoms with Gasteiger partial charge in [0.1, 0.15) is 10.3 Å². The van der Waals surface area contributed by atoms with Crippen LogP contribution in [0.4, 0.5) is 13.2 Å². The lowest BCUT2D eigenvalue weighted by atomic mass is 9.85. The predicted octanol–water partition coefficient (Wildman–Crippen LogP) is 4.95. The van der Waals surface area contributed by atoms with Crippen LogP contribution in [-0.2, 0) is 39.0 Å². The number of hydrogen-bond donors (Lipinski definition) is 1. The quantitative estimate of drug-likeness (QED) is 0.251. The van der Waals surface area contributed by atoms with Gasteiger partial charge in [0.25, 0.3) is 11.1 Å². The molecule has 0 amide bonds. The second-order valence-electron chi connectivity index (χ2n) is 12.3. The number of nitrogens with one attached hydrogen (secondary N) is 1. The van der Waals surface area contributed by atoms with Crippen LogP contribution in [0.15, 0.2) is 94.6 Å². The maximum atomic E-state index is 14.7. The summed E-state index contributed by atoms with van der Waals surface area (Å²) in [6.45, 7) is 3.06. The molecule has 1 aliphatic carbocycles. The molecule has 0 spiro atoms. The van der Waals surface area contributed by atoms with Gasteiger partial charge in [-0.2, -0.15) is 9.78 Å². The molecule has 0 saturated heterocycles. The monoisotopic (exact) mass is 713 g/mol. The first-order chi connectivity index (χ1) is 22.8. The van der Waals surface area contributed by atoms with Crippen molar-refractivity contribution in [2.45, 2.75) is 37.1 Å². The van der Waals surface area contributed by atoms with E-state index in [1.165, 1.54) is 35.9 Å². The van der Waals surface area contributed by atoms with Gasteiger partial charge in [-0.3, -0.25) is 9.59 Å². The van der Waals surface area contributed by atoms with Crippen LogP contribution in [0.3, 0.4) is 0 Å². The topological polar surface area (TPSA) is 146 Å². The summed E-state index contributed by atoms with van der Waals surface area (Å²) in [5, 5.41) is 3.55. The van der Waals surface area contributed by atoms with E-state index < -0.39 is 36.5 Å². The first-order valence-electron chi connectivity index (χ1n) is 14.8. The molecule has 1 aliphatic rings. The third-order valence-corrected chi connectivity index (χ3v) is 12.1. The summed E-state index contributed by atoms with van der Waals surface area (Å²) in [6, 6.07) is 11.1. The molecule has 0 radical (unpaired) electrons. The summed E-state index contributed by atoms with van der Waals surface area (Å²) in [5.41, 5.74) is 1.47. The van der Waals surface area contributed by atoms with E-state index in [0.717, 1.165) is 16.4 Å². The Hall–Kier alpha value is -4.96. The van der Waals surface area contributed by atoms with E-state index >= 15 is 0 Å². The fourth-order valence-corrected chi connectivity index (χ4v) is 8.81. The molecule has 4 aromatic heterocycles. The van der Waals surface area contributed by atoms with Crippen LogP contribution in [0.25, 0.3) is 38.9 Å². The number of rotatable bonds is 7. The van der Waals surface area contributed by atoms with Crippen LogP contribution in [-0.4, -0.2) is 51.1 Å². The van der Waals surface area contributed by atoms with Crippen LogP contribution in [0.2, 0.25) is 0 Å². The number of aromatic amines is 1. The lowest BCUT2D eigenvalue weighted by molar-refractivity contribution is -0.212. The minimum atomic E-state index is -4.85. The summed E-state index contributed by atoms with van der Waals surface area (Å²) in [6.07, 6.45) is 3.90. The van der Waals surface area contributed by atoms with Gasteiger partial charge < -0.3 is 9.55 Å². The van der Waals surface area contributed by atoms with Crippen LogP contribution >= 0.6 is 0 Å². The highest BCUT2D eigenvalue weighted by molar-refractivity contribution is 7.91. The highest BCUT2D eigenvalue weighted by Gasteiger charge is 2.45. The second kappa shape index (κ2) is 11.6. The second-order valence-corrected chi connectivity index (χ2v) is 16.6. The van der Waals surface area contributed by atoms with E-state index in [1.807, 2.05) is 0 Å². The van der Waals surface area contributed by atoms with Crippen LogP contribution in [0, 0.1) is 0 Å². The van der Waals surface area contributed by atoms with E-state index in [1.54, 1.807) is 56.6 Å². The fourth-order valence-electron chi connectivity index (χ4n) is 6.02. The van der Waals surface area contributed by atoms with E-state index in [2.05, 4.69) is 10.1 Å². The van der Waals surface area contributed by atoms with Crippen molar-refractivity contribution < 1.29 is 30.0 Å². The third-order valence-electron chi connectivity index (χ3n) is 8.75. The zero-order chi connectivity index (χ0) is 35.7. The summed E-state index contributed by atoms with van der Waals surface area (Å²) >= 11 is 0. The number of alkyl halides is 3. The van der Waals surface area contributed by atoms with Crippen molar-refractivity contribution in [3.05, 3.63) is 117 Å². The first-order valence-corrected chi connectivity index (χ1v) is 18.3. The SMILES string of the molecule is CC1=CC(c2cc(=O)n(C)cc2-c2cccc(CS(C)(=O)=O)c2)=CCC1(C)S(=O)(=O)n1c(-c2cnn(C(F)(F)F)c2)cc2cc[nH]c(=O)c21. The Kier molecular flexibility index (Phi) is 8.02. The minimum Gasteiger partial charge on any atom is -0.327 e. The molecule has 1 atom stereocenters. The van der Waals surface area contributed by atoms with Gasteiger partial charge in [-0.25, -0.2) is 20.8 Å². The third kappa shape index (κ3) is 5.99. The van der Waals surface area contributed by atoms with E-state index in [0.29, 0.717) is 39.6 Å². The molecule has 256 valence electrons. The number of H-pyrrole nitrogens is 1. The van der Waals surface area contributed by atoms with Crippen molar-refractivity contribution in [2.75, 3.05) is 6.26 Å². The highest BCUT2D eigenvalue weighted by Crippen LogP contribution is 2.43. The van der Waals surface area contributed by atoms with Crippen molar-refractivity contribution in [1.29, 1.82) is 0 Å². The van der Waals surface area contributed by atoms with Crippen LogP contribution < -0.4 is 11.1 Å². The summed E-state index contributed by atoms with van der Waals surface area (Å²) in [5.74, 6) is -0.185. The van der Waals surface area contributed by atoms with Gasteiger partial charge >= 0.3 is 6.30 Å². The Balaban J connectivity index is 1.48. The largest absolute Gasteiger partial charge is 0.504 e. The number of sulfone groups is 1. The van der Waals surface area contributed by atoms with Gasteiger partial charge in [0, 0.05) is 54.5 Å². The molecule has 0 aliphatic heterocycles.